The first kappa shape index (κ1) is 23.7. The second kappa shape index (κ2) is 9.90. The number of piperazine rings is 2. The zero-order valence-corrected chi connectivity index (χ0v) is 20.6. The number of amides is 1. The number of benzene rings is 2. The Labute approximate surface area is 206 Å². The number of aromatic nitrogens is 2. The van der Waals surface area contributed by atoms with Gasteiger partial charge in [-0.05, 0) is 31.3 Å². The maximum absolute atomic E-state index is 13.3. The summed E-state index contributed by atoms with van der Waals surface area (Å²) in [5, 5.41) is 4.47. The van der Waals surface area contributed by atoms with Gasteiger partial charge in [0, 0.05) is 63.5 Å². The quantitative estimate of drug-likeness (QED) is 0.540. The van der Waals surface area contributed by atoms with Crippen molar-refractivity contribution in [2.45, 2.75) is 0 Å². The van der Waals surface area contributed by atoms with Gasteiger partial charge in [-0.3, -0.25) is 4.79 Å². The van der Waals surface area contributed by atoms with Crippen molar-refractivity contribution in [3.63, 3.8) is 0 Å². The van der Waals surface area contributed by atoms with Gasteiger partial charge in [-0.2, -0.15) is 22.1 Å². The largest absolute Gasteiger partial charge is 0.336 e. The Kier molecular flexibility index (Phi) is 6.70. The summed E-state index contributed by atoms with van der Waals surface area (Å²) < 4.78 is 31.0. The van der Waals surface area contributed by atoms with Gasteiger partial charge >= 0.3 is 0 Å². The van der Waals surface area contributed by atoms with Gasteiger partial charge < -0.3 is 9.80 Å². The monoisotopic (exact) mass is 494 g/mol. The van der Waals surface area contributed by atoms with Gasteiger partial charge in [0.25, 0.3) is 16.1 Å². The second-order valence-electron chi connectivity index (χ2n) is 8.95. The molecule has 1 amide bonds. The minimum atomic E-state index is -3.50. The van der Waals surface area contributed by atoms with E-state index < -0.39 is 10.2 Å². The lowest BCUT2D eigenvalue weighted by Gasteiger charge is -2.39. The number of nitrogens with zero attached hydrogens (tertiary/aromatic N) is 6. The van der Waals surface area contributed by atoms with E-state index in [-0.39, 0.29) is 5.91 Å². The fraction of sp³-hybridized carbons (Fsp3) is 0.360. The molecule has 2 saturated heterocycles. The Bertz CT molecular complexity index is 1280. The molecule has 2 fully saturated rings. The van der Waals surface area contributed by atoms with Gasteiger partial charge in [-0.15, -0.1) is 0 Å². The van der Waals surface area contributed by atoms with Crippen LogP contribution >= 0.6 is 0 Å². The fourth-order valence-corrected chi connectivity index (χ4v) is 6.17. The lowest BCUT2D eigenvalue weighted by Crippen LogP contribution is -2.57. The Morgan fingerprint density at radius 3 is 2.14 bits per heavy atom. The minimum absolute atomic E-state index is 0.100. The molecule has 3 heterocycles. The Morgan fingerprint density at radius 1 is 0.800 bits per heavy atom. The van der Waals surface area contributed by atoms with Crippen molar-refractivity contribution in [3.05, 3.63) is 72.4 Å². The van der Waals surface area contributed by atoms with Gasteiger partial charge in [0.05, 0.1) is 17.6 Å². The normalized spacial score (nSPS) is 18.6. The zero-order valence-electron chi connectivity index (χ0n) is 19.8. The van der Waals surface area contributed by atoms with Crippen molar-refractivity contribution in [2.24, 2.45) is 0 Å². The summed E-state index contributed by atoms with van der Waals surface area (Å²) in [7, 11) is -1.50. The molecule has 184 valence electrons. The molecule has 5 rings (SSSR count). The molecule has 2 aromatic carbocycles. The van der Waals surface area contributed by atoms with E-state index in [1.54, 1.807) is 21.5 Å². The molecule has 0 aliphatic carbocycles. The third kappa shape index (κ3) is 4.87. The summed E-state index contributed by atoms with van der Waals surface area (Å²) in [6.07, 6.45) is 1.75. The summed E-state index contributed by atoms with van der Waals surface area (Å²) >= 11 is 0. The van der Waals surface area contributed by atoms with Crippen LogP contribution in [0, 0.1) is 0 Å². The Balaban J connectivity index is 1.27. The van der Waals surface area contributed by atoms with Crippen LogP contribution in [0.25, 0.3) is 16.9 Å². The highest BCUT2D eigenvalue weighted by Gasteiger charge is 2.34. The summed E-state index contributed by atoms with van der Waals surface area (Å²) in [6.45, 7) is 3.81. The van der Waals surface area contributed by atoms with Crippen molar-refractivity contribution in [1.29, 1.82) is 0 Å². The van der Waals surface area contributed by atoms with E-state index in [1.165, 1.54) is 4.31 Å². The first-order chi connectivity index (χ1) is 16.9. The summed E-state index contributed by atoms with van der Waals surface area (Å²) in [6, 6.07) is 19.4. The minimum Gasteiger partial charge on any atom is -0.336 e. The highest BCUT2D eigenvalue weighted by Crippen LogP contribution is 2.23. The first-order valence-electron chi connectivity index (χ1n) is 11.9. The lowest BCUT2D eigenvalue weighted by molar-refractivity contribution is 0.0692. The van der Waals surface area contributed by atoms with Crippen LogP contribution in [0.1, 0.15) is 10.4 Å². The number of hydrogen-bond acceptors (Lipinski definition) is 5. The van der Waals surface area contributed by atoms with Gasteiger partial charge in [0.2, 0.25) is 0 Å². The molecular weight excluding hydrogens is 464 g/mol. The molecule has 2 aliphatic heterocycles. The Hall–Kier alpha value is -3.05. The molecule has 0 radical (unpaired) electrons. The SMILES string of the molecule is CN1CCN(S(=O)(=O)N2CCN(C(=O)c3cccc(-n4nccc4-c4ccccc4)c3)CC2)CC1. The third-order valence-corrected chi connectivity index (χ3v) is 8.73. The summed E-state index contributed by atoms with van der Waals surface area (Å²) in [4.78, 5) is 17.1. The van der Waals surface area contributed by atoms with Crippen molar-refractivity contribution >= 4 is 16.1 Å². The van der Waals surface area contributed by atoms with Crippen molar-refractivity contribution in [1.82, 2.24) is 28.2 Å². The highest BCUT2D eigenvalue weighted by atomic mass is 32.2. The van der Waals surface area contributed by atoms with E-state index >= 15 is 0 Å². The molecule has 0 N–H and O–H groups in total. The van der Waals surface area contributed by atoms with Crippen LogP contribution in [0.5, 0.6) is 0 Å². The number of rotatable bonds is 5. The fourth-order valence-electron chi connectivity index (χ4n) is 4.59. The highest BCUT2D eigenvalue weighted by molar-refractivity contribution is 7.86. The molecule has 0 bridgehead atoms. The van der Waals surface area contributed by atoms with Gasteiger partial charge in [0.1, 0.15) is 0 Å². The van der Waals surface area contributed by atoms with E-state index in [2.05, 4.69) is 10.00 Å². The van der Waals surface area contributed by atoms with Crippen LogP contribution < -0.4 is 0 Å². The molecule has 0 unspecified atom stereocenters. The summed E-state index contributed by atoms with van der Waals surface area (Å²) in [5.41, 5.74) is 3.35. The van der Waals surface area contributed by atoms with Crippen LogP contribution in [0.4, 0.5) is 0 Å². The molecule has 2 aliphatic rings. The smallest absolute Gasteiger partial charge is 0.282 e. The second-order valence-corrected chi connectivity index (χ2v) is 10.9. The van der Waals surface area contributed by atoms with Gasteiger partial charge in [-0.25, -0.2) is 4.68 Å². The van der Waals surface area contributed by atoms with Crippen LogP contribution in [0.15, 0.2) is 66.9 Å². The molecule has 0 atom stereocenters. The predicted octanol–water partition coefficient (Wildman–Crippen LogP) is 1.79. The standard InChI is InChI=1S/C25H30N6O3S/c1-27-12-16-29(17-13-27)35(33,34)30-18-14-28(15-19-30)25(32)22-8-5-9-23(20-22)31-24(10-11-26-31)21-6-3-2-4-7-21/h2-11,20H,12-19H2,1H3. The number of likely N-dealkylation sites (N-methyl/N-ethyl adjacent to an activating group) is 1. The van der Waals surface area contributed by atoms with E-state index in [4.69, 9.17) is 0 Å². The van der Waals surface area contributed by atoms with Crippen molar-refractivity contribution < 1.29 is 13.2 Å². The average Bonchev–Trinajstić information content (AvgIpc) is 3.39. The molecule has 0 saturated carbocycles. The van der Waals surface area contributed by atoms with Crippen LogP contribution in [-0.4, -0.2) is 102 Å². The van der Waals surface area contributed by atoms with Crippen molar-refractivity contribution in [2.75, 3.05) is 59.4 Å². The van der Waals surface area contributed by atoms with Gasteiger partial charge in [-0.1, -0.05) is 36.4 Å². The van der Waals surface area contributed by atoms with E-state index in [9.17, 15) is 13.2 Å². The topological polar surface area (TPSA) is 82.0 Å². The lowest BCUT2D eigenvalue weighted by atomic mass is 10.1. The zero-order chi connectivity index (χ0) is 24.4. The van der Waals surface area contributed by atoms with E-state index in [0.29, 0.717) is 44.8 Å². The van der Waals surface area contributed by atoms with Crippen LogP contribution in [0.2, 0.25) is 0 Å². The molecular formula is C25H30N6O3S. The van der Waals surface area contributed by atoms with E-state index in [0.717, 1.165) is 30.0 Å². The molecule has 1 aromatic heterocycles. The number of hydrogen-bond donors (Lipinski definition) is 0. The van der Waals surface area contributed by atoms with Crippen LogP contribution in [-0.2, 0) is 10.2 Å². The van der Waals surface area contributed by atoms with Gasteiger partial charge in [0.15, 0.2) is 0 Å². The maximum Gasteiger partial charge on any atom is 0.282 e. The maximum atomic E-state index is 13.3. The molecule has 3 aromatic rings. The first-order valence-corrected chi connectivity index (χ1v) is 13.3. The van der Waals surface area contributed by atoms with Crippen LogP contribution in [0.3, 0.4) is 0 Å². The Morgan fingerprint density at radius 2 is 1.46 bits per heavy atom. The number of carbonyl (C=O) groups excluding carboxylic acids is 1. The third-order valence-electron chi connectivity index (χ3n) is 6.69. The van der Waals surface area contributed by atoms with Crippen molar-refractivity contribution in [3.8, 4) is 16.9 Å². The van der Waals surface area contributed by atoms with E-state index in [1.807, 2.05) is 66.3 Å². The number of carbonyl (C=O) groups is 1. The predicted molar refractivity (Wildman–Crippen MR) is 134 cm³/mol. The molecule has 35 heavy (non-hydrogen) atoms. The average molecular weight is 495 g/mol. The molecule has 9 nitrogen and oxygen atoms in total. The molecule has 10 heteroatoms. The summed E-state index contributed by atoms with van der Waals surface area (Å²) in [5.74, 6) is -0.100. The molecule has 0 spiro atoms.